The molecule has 1 heterocycles. The number of hydrogen-bond acceptors (Lipinski definition) is 5. The van der Waals surface area contributed by atoms with Gasteiger partial charge >= 0.3 is 17.8 Å². The zero-order valence-electron chi connectivity index (χ0n) is 7.28. The van der Waals surface area contributed by atoms with Crippen LogP contribution in [0, 0.1) is 22.7 Å². The molecule has 1 N–H and O–H groups in total. The van der Waals surface area contributed by atoms with Gasteiger partial charge in [0, 0.05) is 0 Å². The minimum Gasteiger partial charge on any atom is -0.478 e. The lowest BCUT2D eigenvalue weighted by atomic mass is 10.2. The number of halogens is 3. The number of nitriles is 2. The average molecular weight is 230 g/mol. The van der Waals surface area contributed by atoms with E-state index >= 15 is 0 Å². The maximum absolute atomic E-state index is 12.5. The average Bonchev–Trinajstić information content (AvgIpc) is 2.56. The first-order valence-electron chi connectivity index (χ1n) is 3.59. The SMILES string of the molecule is N#CC1=NC(C(=O)O)(C(F)(F)F)N=C1C#N. The molecule has 6 nitrogen and oxygen atoms in total. The van der Waals surface area contributed by atoms with Crippen molar-refractivity contribution in [3.8, 4) is 12.1 Å². The molecule has 1 rings (SSSR count). The first-order chi connectivity index (χ1) is 7.28. The standard InChI is InChI=1S/C7HF3N4O2/c8-7(9,10)6(5(15)16)13-3(1-11)4(2-12)14-6/h(H,15,16). The van der Waals surface area contributed by atoms with E-state index in [1.165, 1.54) is 12.1 Å². The summed E-state index contributed by atoms with van der Waals surface area (Å²) in [7, 11) is 0. The number of carbonyl (C=O) groups is 1. The van der Waals surface area contributed by atoms with Crippen LogP contribution in [0.2, 0.25) is 0 Å². The van der Waals surface area contributed by atoms with E-state index in [-0.39, 0.29) is 0 Å². The van der Waals surface area contributed by atoms with Crippen LogP contribution in [0.5, 0.6) is 0 Å². The second kappa shape index (κ2) is 3.31. The van der Waals surface area contributed by atoms with Crippen LogP contribution in [-0.4, -0.2) is 34.3 Å². The molecule has 9 heteroatoms. The molecular formula is C7HF3N4O2. The molecule has 0 aliphatic carbocycles. The van der Waals surface area contributed by atoms with Crippen LogP contribution in [0.15, 0.2) is 9.98 Å². The molecule has 0 radical (unpaired) electrons. The molecule has 0 saturated carbocycles. The third-order valence-electron chi connectivity index (χ3n) is 1.68. The highest BCUT2D eigenvalue weighted by Gasteiger charge is 2.64. The third kappa shape index (κ3) is 1.39. The second-order valence-corrected chi connectivity index (χ2v) is 2.62. The molecule has 16 heavy (non-hydrogen) atoms. The van der Waals surface area contributed by atoms with Crippen LogP contribution in [0.25, 0.3) is 0 Å². The van der Waals surface area contributed by atoms with Crippen molar-refractivity contribution in [2.24, 2.45) is 9.98 Å². The van der Waals surface area contributed by atoms with Gasteiger partial charge < -0.3 is 5.11 Å². The largest absolute Gasteiger partial charge is 0.478 e. The number of hydrogen-bond donors (Lipinski definition) is 1. The van der Waals surface area contributed by atoms with Gasteiger partial charge in [0.25, 0.3) is 0 Å². The van der Waals surface area contributed by atoms with Crippen LogP contribution < -0.4 is 0 Å². The number of rotatable bonds is 1. The van der Waals surface area contributed by atoms with E-state index in [1.54, 1.807) is 0 Å². The number of aliphatic carboxylic acids is 1. The summed E-state index contributed by atoms with van der Waals surface area (Å²) in [5, 5.41) is 25.2. The Bertz CT molecular complexity index is 461. The second-order valence-electron chi connectivity index (χ2n) is 2.62. The van der Waals surface area contributed by atoms with Crippen molar-refractivity contribution in [2.45, 2.75) is 11.8 Å². The van der Waals surface area contributed by atoms with Crippen molar-refractivity contribution >= 4 is 17.4 Å². The normalized spacial score (nSPS) is 18.1. The monoisotopic (exact) mass is 230 g/mol. The van der Waals surface area contributed by atoms with E-state index in [1.807, 2.05) is 0 Å². The molecule has 0 spiro atoms. The molecule has 82 valence electrons. The van der Waals surface area contributed by atoms with Gasteiger partial charge in [-0.15, -0.1) is 0 Å². The van der Waals surface area contributed by atoms with Gasteiger partial charge in [-0.25, -0.2) is 14.8 Å². The molecule has 0 fully saturated rings. The topological polar surface area (TPSA) is 110 Å². The minimum atomic E-state index is -5.32. The lowest BCUT2D eigenvalue weighted by Gasteiger charge is -2.20. The number of nitrogens with zero attached hydrogens (tertiary/aromatic N) is 4. The van der Waals surface area contributed by atoms with E-state index in [0.29, 0.717) is 0 Å². The lowest BCUT2D eigenvalue weighted by Crippen LogP contribution is -2.47. The molecule has 0 aromatic heterocycles. The zero-order valence-corrected chi connectivity index (χ0v) is 7.28. The predicted molar refractivity (Wildman–Crippen MR) is 42.5 cm³/mol. The quantitative estimate of drug-likeness (QED) is 0.696. The van der Waals surface area contributed by atoms with Gasteiger partial charge in [0.2, 0.25) is 0 Å². The molecular weight excluding hydrogens is 229 g/mol. The van der Waals surface area contributed by atoms with Crippen molar-refractivity contribution < 1.29 is 23.1 Å². The Morgan fingerprint density at radius 1 is 1.25 bits per heavy atom. The van der Waals surface area contributed by atoms with Crippen LogP contribution in [0.3, 0.4) is 0 Å². The van der Waals surface area contributed by atoms with Crippen LogP contribution in [0.4, 0.5) is 13.2 Å². The highest BCUT2D eigenvalue weighted by Crippen LogP contribution is 2.38. The third-order valence-corrected chi connectivity index (χ3v) is 1.68. The molecule has 0 bridgehead atoms. The highest BCUT2D eigenvalue weighted by atomic mass is 19.4. The predicted octanol–water partition coefficient (Wildman–Crippen LogP) is 0.272. The van der Waals surface area contributed by atoms with Crippen LogP contribution in [-0.2, 0) is 4.79 Å². The van der Waals surface area contributed by atoms with Gasteiger partial charge in [-0.3, -0.25) is 0 Å². The van der Waals surface area contributed by atoms with Gasteiger partial charge in [0.05, 0.1) is 0 Å². The first-order valence-corrected chi connectivity index (χ1v) is 3.59. The summed E-state index contributed by atoms with van der Waals surface area (Å²) in [4.78, 5) is 15.9. The smallest absolute Gasteiger partial charge is 0.445 e. The van der Waals surface area contributed by atoms with E-state index in [0.717, 1.165) is 0 Å². The molecule has 0 aromatic rings. The van der Waals surface area contributed by atoms with E-state index in [4.69, 9.17) is 15.6 Å². The maximum Gasteiger partial charge on any atom is 0.445 e. The lowest BCUT2D eigenvalue weighted by molar-refractivity contribution is -0.198. The van der Waals surface area contributed by atoms with Gasteiger partial charge in [0.15, 0.2) is 11.4 Å². The van der Waals surface area contributed by atoms with Crippen LogP contribution >= 0.6 is 0 Å². The fraction of sp³-hybridized carbons (Fsp3) is 0.286. The Labute approximate surface area is 86.0 Å². The summed E-state index contributed by atoms with van der Waals surface area (Å²) in [6, 6.07) is 2.36. The van der Waals surface area contributed by atoms with Gasteiger partial charge in [-0.05, 0) is 0 Å². The van der Waals surface area contributed by atoms with Crippen molar-refractivity contribution in [1.82, 2.24) is 0 Å². The molecule has 0 amide bonds. The maximum atomic E-state index is 12.5. The Morgan fingerprint density at radius 3 is 1.81 bits per heavy atom. The van der Waals surface area contributed by atoms with Crippen molar-refractivity contribution in [2.75, 3.05) is 0 Å². The summed E-state index contributed by atoms with van der Waals surface area (Å²) in [5.74, 6) is -2.39. The number of carboxylic acid groups (broad SMARTS) is 1. The van der Waals surface area contributed by atoms with E-state index in [2.05, 4.69) is 9.98 Å². The summed E-state index contributed by atoms with van der Waals surface area (Å²) >= 11 is 0. The highest BCUT2D eigenvalue weighted by molar-refractivity contribution is 6.54. The molecule has 1 aliphatic rings. The van der Waals surface area contributed by atoms with Gasteiger partial charge in [-0.2, -0.15) is 23.7 Å². The zero-order chi connectivity index (χ0) is 12.6. The van der Waals surface area contributed by atoms with Crippen molar-refractivity contribution in [3.63, 3.8) is 0 Å². The first kappa shape index (κ1) is 11.7. The molecule has 0 unspecified atom stereocenters. The summed E-state index contributed by atoms with van der Waals surface area (Å²) in [5.41, 5.74) is -5.66. The minimum absolute atomic E-state index is 0.942. The summed E-state index contributed by atoms with van der Waals surface area (Å²) in [6.45, 7) is 0. The fourth-order valence-corrected chi connectivity index (χ4v) is 0.954. The Hall–Kier alpha value is -2.42. The number of carboxylic acids is 1. The van der Waals surface area contributed by atoms with Crippen LogP contribution in [0.1, 0.15) is 0 Å². The number of alkyl halides is 3. The summed E-state index contributed by atoms with van der Waals surface area (Å²) < 4.78 is 37.4. The van der Waals surface area contributed by atoms with Crippen molar-refractivity contribution in [1.29, 1.82) is 10.5 Å². The fourth-order valence-electron chi connectivity index (χ4n) is 0.954. The van der Waals surface area contributed by atoms with E-state index in [9.17, 15) is 18.0 Å². The van der Waals surface area contributed by atoms with E-state index < -0.39 is 29.2 Å². The molecule has 0 atom stereocenters. The van der Waals surface area contributed by atoms with Gasteiger partial charge in [-0.1, -0.05) is 0 Å². The van der Waals surface area contributed by atoms with Gasteiger partial charge in [0.1, 0.15) is 12.1 Å². The molecule has 0 saturated heterocycles. The molecule has 0 aromatic carbocycles. The number of aliphatic imine (C=N–C) groups is 2. The Morgan fingerprint density at radius 2 is 1.62 bits per heavy atom. The summed E-state index contributed by atoms with van der Waals surface area (Å²) in [6.07, 6.45) is -5.32. The Kier molecular flexibility index (Phi) is 2.41. The Balaban J connectivity index is 3.49. The molecule has 1 aliphatic heterocycles. The van der Waals surface area contributed by atoms with Crippen molar-refractivity contribution in [3.05, 3.63) is 0 Å².